The third-order valence-electron chi connectivity index (χ3n) is 4.14. The van der Waals surface area contributed by atoms with Gasteiger partial charge >= 0.3 is 6.03 Å². The van der Waals surface area contributed by atoms with E-state index in [2.05, 4.69) is 15.5 Å². The molecule has 1 aliphatic rings. The summed E-state index contributed by atoms with van der Waals surface area (Å²) in [7, 11) is 3.60. The second kappa shape index (κ2) is 5.78. The molecule has 1 aromatic heterocycles. The molecule has 7 nitrogen and oxygen atoms in total. The lowest BCUT2D eigenvalue weighted by Crippen LogP contribution is -2.48. The molecule has 112 valence electrons. The molecule has 1 saturated carbocycles. The van der Waals surface area contributed by atoms with Gasteiger partial charge in [0.15, 0.2) is 5.82 Å². The van der Waals surface area contributed by atoms with E-state index in [9.17, 15) is 9.90 Å². The molecule has 1 aliphatic carbocycles. The summed E-state index contributed by atoms with van der Waals surface area (Å²) in [5, 5.41) is 20.1. The molecule has 2 amide bonds. The van der Waals surface area contributed by atoms with Crippen molar-refractivity contribution in [3.8, 4) is 0 Å². The Morgan fingerprint density at radius 3 is 2.80 bits per heavy atom. The van der Waals surface area contributed by atoms with E-state index < -0.39 is 0 Å². The first-order valence-electron chi connectivity index (χ1n) is 6.94. The van der Waals surface area contributed by atoms with E-state index >= 15 is 0 Å². The lowest BCUT2D eigenvalue weighted by molar-refractivity contribution is 0.0227. The number of amides is 2. The number of aromatic nitrogens is 3. The van der Waals surface area contributed by atoms with Gasteiger partial charge in [0.1, 0.15) is 6.33 Å². The van der Waals surface area contributed by atoms with Gasteiger partial charge in [-0.05, 0) is 19.8 Å². The number of nitrogens with one attached hydrogen (secondary N) is 1. The zero-order valence-electron chi connectivity index (χ0n) is 12.3. The smallest absolute Gasteiger partial charge is 0.317 e. The molecule has 0 aliphatic heterocycles. The fourth-order valence-corrected chi connectivity index (χ4v) is 2.66. The SMILES string of the molecule is C[C@H](NC(=O)N(C)CC1(CO)CCC1)c1nncn1C. The van der Waals surface area contributed by atoms with Gasteiger partial charge in [0.05, 0.1) is 12.6 Å². The quantitative estimate of drug-likeness (QED) is 0.831. The third kappa shape index (κ3) is 2.92. The van der Waals surface area contributed by atoms with Crippen molar-refractivity contribution in [1.82, 2.24) is 25.0 Å². The molecular formula is C13H23N5O2. The second-order valence-corrected chi connectivity index (χ2v) is 5.84. The van der Waals surface area contributed by atoms with Crippen LogP contribution in [-0.4, -0.2) is 51.0 Å². The van der Waals surface area contributed by atoms with Crippen molar-refractivity contribution in [1.29, 1.82) is 0 Å². The maximum Gasteiger partial charge on any atom is 0.317 e. The van der Waals surface area contributed by atoms with Gasteiger partial charge in [-0.15, -0.1) is 10.2 Å². The van der Waals surface area contributed by atoms with Gasteiger partial charge in [0, 0.05) is 26.1 Å². The molecule has 0 spiro atoms. The normalized spacial score (nSPS) is 18.2. The van der Waals surface area contributed by atoms with Crippen LogP contribution in [-0.2, 0) is 7.05 Å². The molecule has 0 radical (unpaired) electrons. The van der Waals surface area contributed by atoms with Crippen LogP contribution in [0.2, 0.25) is 0 Å². The minimum atomic E-state index is -0.205. The number of hydrogen-bond acceptors (Lipinski definition) is 4. The molecule has 1 aromatic rings. The number of aliphatic hydroxyl groups is 1. The summed E-state index contributed by atoms with van der Waals surface area (Å²) in [4.78, 5) is 13.8. The minimum absolute atomic E-state index is 0.0971. The third-order valence-corrected chi connectivity index (χ3v) is 4.14. The van der Waals surface area contributed by atoms with Crippen LogP contribution < -0.4 is 5.32 Å². The molecule has 2 rings (SSSR count). The predicted octanol–water partition coefficient (Wildman–Crippen LogP) is 0.680. The first-order valence-corrected chi connectivity index (χ1v) is 6.94. The van der Waals surface area contributed by atoms with Gasteiger partial charge in [0.2, 0.25) is 0 Å². The van der Waals surface area contributed by atoms with Crippen LogP contribution in [0.25, 0.3) is 0 Å². The molecule has 7 heteroatoms. The van der Waals surface area contributed by atoms with Crippen molar-refractivity contribution in [3.63, 3.8) is 0 Å². The number of carbonyl (C=O) groups is 1. The van der Waals surface area contributed by atoms with Crippen molar-refractivity contribution < 1.29 is 9.90 Å². The fourth-order valence-electron chi connectivity index (χ4n) is 2.66. The van der Waals surface area contributed by atoms with Crippen molar-refractivity contribution in [2.24, 2.45) is 12.5 Å². The van der Waals surface area contributed by atoms with E-state index in [1.54, 1.807) is 22.8 Å². The predicted molar refractivity (Wildman–Crippen MR) is 73.9 cm³/mol. The Bertz CT molecular complexity index is 464. The van der Waals surface area contributed by atoms with Crippen LogP contribution >= 0.6 is 0 Å². The monoisotopic (exact) mass is 281 g/mol. The summed E-state index contributed by atoms with van der Waals surface area (Å²) in [6, 6.07) is -0.357. The van der Waals surface area contributed by atoms with Crippen LogP contribution in [0.15, 0.2) is 6.33 Å². The first kappa shape index (κ1) is 14.8. The average molecular weight is 281 g/mol. The summed E-state index contributed by atoms with van der Waals surface area (Å²) < 4.78 is 1.78. The van der Waals surface area contributed by atoms with Crippen LogP contribution in [0, 0.1) is 5.41 Å². The van der Waals surface area contributed by atoms with Crippen molar-refractivity contribution in [2.45, 2.75) is 32.2 Å². The lowest BCUT2D eigenvalue weighted by Gasteiger charge is -2.42. The molecule has 20 heavy (non-hydrogen) atoms. The zero-order valence-corrected chi connectivity index (χ0v) is 12.3. The van der Waals surface area contributed by atoms with Crippen LogP contribution in [0.4, 0.5) is 4.79 Å². The summed E-state index contributed by atoms with van der Waals surface area (Å²) in [5.41, 5.74) is -0.0971. The van der Waals surface area contributed by atoms with Gasteiger partial charge in [0.25, 0.3) is 0 Å². The van der Waals surface area contributed by atoms with E-state index in [1.165, 1.54) is 0 Å². The highest BCUT2D eigenvalue weighted by Crippen LogP contribution is 2.40. The van der Waals surface area contributed by atoms with Gasteiger partial charge < -0.3 is 19.9 Å². The van der Waals surface area contributed by atoms with Gasteiger partial charge in [-0.3, -0.25) is 0 Å². The molecular weight excluding hydrogens is 258 g/mol. The average Bonchev–Trinajstić information content (AvgIpc) is 2.79. The van der Waals surface area contributed by atoms with Gasteiger partial charge in [-0.1, -0.05) is 6.42 Å². The molecule has 0 saturated heterocycles. The highest BCUT2D eigenvalue weighted by molar-refractivity contribution is 5.74. The minimum Gasteiger partial charge on any atom is -0.396 e. The Balaban J connectivity index is 1.89. The molecule has 0 aromatic carbocycles. The van der Waals surface area contributed by atoms with Crippen molar-refractivity contribution in [3.05, 3.63) is 12.2 Å². The number of carbonyl (C=O) groups excluding carboxylic acids is 1. The maximum absolute atomic E-state index is 12.2. The van der Waals surface area contributed by atoms with E-state index in [0.717, 1.165) is 19.3 Å². The number of aryl methyl sites for hydroxylation is 1. The Morgan fingerprint density at radius 2 is 2.35 bits per heavy atom. The number of rotatable bonds is 5. The first-order chi connectivity index (χ1) is 9.47. The van der Waals surface area contributed by atoms with Crippen LogP contribution in [0.1, 0.15) is 38.1 Å². The van der Waals surface area contributed by atoms with E-state index in [0.29, 0.717) is 12.4 Å². The van der Waals surface area contributed by atoms with Crippen LogP contribution in [0.5, 0.6) is 0 Å². The Morgan fingerprint density at radius 1 is 1.65 bits per heavy atom. The van der Waals surface area contributed by atoms with Gasteiger partial charge in [-0.25, -0.2) is 4.79 Å². The second-order valence-electron chi connectivity index (χ2n) is 5.84. The highest BCUT2D eigenvalue weighted by atomic mass is 16.3. The highest BCUT2D eigenvalue weighted by Gasteiger charge is 2.38. The number of urea groups is 1. The molecule has 1 fully saturated rings. The standard InChI is InChI=1S/C13H23N5O2/c1-10(11-16-14-9-18(11)3)15-12(20)17(2)7-13(8-19)5-4-6-13/h9-10,19H,4-8H2,1-3H3,(H,15,20)/t10-/m0/s1. The van der Waals surface area contributed by atoms with Gasteiger partial charge in [-0.2, -0.15) is 0 Å². The fraction of sp³-hybridized carbons (Fsp3) is 0.769. The molecule has 1 heterocycles. The summed E-state index contributed by atoms with van der Waals surface area (Å²) in [6.45, 7) is 2.60. The topological polar surface area (TPSA) is 83.3 Å². The van der Waals surface area contributed by atoms with E-state index in [4.69, 9.17) is 0 Å². The van der Waals surface area contributed by atoms with E-state index in [-0.39, 0.29) is 24.1 Å². The summed E-state index contributed by atoms with van der Waals surface area (Å²) >= 11 is 0. The van der Waals surface area contributed by atoms with Crippen LogP contribution in [0.3, 0.4) is 0 Å². The largest absolute Gasteiger partial charge is 0.396 e. The molecule has 0 unspecified atom stereocenters. The molecule has 0 bridgehead atoms. The molecule has 1 atom stereocenters. The zero-order chi connectivity index (χ0) is 14.8. The molecule has 2 N–H and O–H groups in total. The lowest BCUT2D eigenvalue weighted by atomic mass is 9.69. The van der Waals surface area contributed by atoms with Crippen molar-refractivity contribution >= 4 is 6.03 Å². The number of nitrogens with zero attached hydrogens (tertiary/aromatic N) is 4. The summed E-state index contributed by atoms with van der Waals surface area (Å²) in [6.07, 6.45) is 4.71. The van der Waals surface area contributed by atoms with E-state index in [1.807, 2.05) is 14.0 Å². The number of hydrogen-bond donors (Lipinski definition) is 2. The maximum atomic E-state index is 12.2. The summed E-state index contributed by atoms with van der Waals surface area (Å²) in [5.74, 6) is 0.715. The Kier molecular flexibility index (Phi) is 4.27. The Labute approximate surface area is 119 Å². The van der Waals surface area contributed by atoms with Crippen molar-refractivity contribution in [2.75, 3.05) is 20.2 Å². The Hall–Kier alpha value is -1.63. The number of aliphatic hydroxyl groups excluding tert-OH is 1.